The Kier molecular flexibility index (Phi) is 6.17. The Morgan fingerprint density at radius 3 is 2.15 bits per heavy atom. The molecule has 0 saturated heterocycles. The van der Waals surface area contributed by atoms with E-state index in [2.05, 4.69) is 5.32 Å². The van der Waals surface area contributed by atoms with Gasteiger partial charge in [-0.25, -0.2) is 0 Å². The Hall–Kier alpha value is -2.75. The molecule has 3 aromatic rings. The third-order valence-electron chi connectivity index (χ3n) is 4.05. The van der Waals surface area contributed by atoms with E-state index in [0.29, 0.717) is 21.4 Å². The van der Waals surface area contributed by atoms with E-state index in [1.54, 1.807) is 18.2 Å². The van der Waals surface area contributed by atoms with Gasteiger partial charge < -0.3 is 11.1 Å². The summed E-state index contributed by atoms with van der Waals surface area (Å²) in [7, 11) is 0. The van der Waals surface area contributed by atoms with Crippen LogP contribution in [-0.4, -0.2) is 5.78 Å². The summed E-state index contributed by atoms with van der Waals surface area (Å²) >= 11 is 12.1. The maximum atomic E-state index is 13.0. The van der Waals surface area contributed by atoms with Gasteiger partial charge in [-0.15, -0.1) is 0 Å². The van der Waals surface area contributed by atoms with Crippen LogP contribution in [0.25, 0.3) is 5.70 Å². The smallest absolute Gasteiger partial charge is 0.184 e. The molecular formula is C22H18Cl2N2O. The quantitative estimate of drug-likeness (QED) is 0.524. The predicted molar refractivity (Wildman–Crippen MR) is 113 cm³/mol. The number of anilines is 1. The number of halogens is 2. The van der Waals surface area contributed by atoms with Crippen LogP contribution in [-0.2, 0) is 4.79 Å². The van der Waals surface area contributed by atoms with Crippen LogP contribution in [0.4, 0.5) is 5.69 Å². The molecule has 0 fully saturated rings. The molecule has 0 spiro atoms. The number of ketones is 1. The Morgan fingerprint density at radius 1 is 0.889 bits per heavy atom. The van der Waals surface area contributed by atoms with Crippen molar-refractivity contribution in [1.29, 1.82) is 0 Å². The molecule has 3 aromatic carbocycles. The molecule has 0 aliphatic heterocycles. The first kappa shape index (κ1) is 19.0. The molecule has 0 bridgehead atoms. The van der Waals surface area contributed by atoms with E-state index in [9.17, 15) is 4.79 Å². The molecule has 136 valence electrons. The Labute approximate surface area is 168 Å². The van der Waals surface area contributed by atoms with Crippen LogP contribution in [0, 0.1) is 0 Å². The Morgan fingerprint density at radius 2 is 1.52 bits per heavy atom. The largest absolute Gasteiger partial charge is 0.398 e. The number of nitrogens with one attached hydrogen (secondary N) is 1. The van der Waals surface area contributed by atoms with Gasteiger partial charge in [-0.1, -0.05) is 83.9 Å². The van der Waals surface area contributed by atoms with Crippen molar-refractivity contribution in [2.45, 2.75) is 6.04 Å². The van der Waals surface area contributed by atoms with Gasteiger partial charge in [0.1, 0.15) is 6.04 Å². The van der Waals surface area contributed by atoms with Gasteiger partial charge in [0, 0.05) is 17.5 Å². The van der Waals surface area contributed by atoms with E-state index < -0.39 is 6.04 Å². The molecule has 0 heterocycles. The molecule has 0 amide bonds. The van der Waals surface area contributed by atoms with Crippen molar-refractivity contribution in [2.24, 2.45) is 5.73 Å². The summed E-state index contributed by atoms with van der Waals surface area (Å²) in [4.78, 5) is 13.0. The van der Waals surface area contributed by atoms with Crippen molar-refractivity contribution in [3.63, 3.8) is 0 Å². The molecule has 0 aliphatic rings. The number of benzene rings is 3. The van der Waals surface area contributed by atoms with E-state index in [0.717, 1.165) is 11.1 Å². The van der Waals surface area contributed by atoms with Gasteiger partial charge in [0.25, 0.3) is 0 Å². The van der Waals surface area contributed by atoms with E-state index in [4.69, 9.17) is 28.9 Å². The number of carbonyl (C=O) groups excluding carboxylic acids is 1. The van der Waals surface area contributed by atoms with Gasteiger partial charge in [-0.3, -0.25) is 4.79 Å². The minimum atomic E-state index is -0.606. The number of hydrogen-bond acceptors (Lipinski definition) is 3. The predicted octanol–water partition coefficient (Wildman–Crippen LogP) is 5.72. The number of rotatable bonds is 6. The highest BCUT2D eigenvalue weighted by molar-refractivity contribution is 6.42. The number of carbonyl (C=O) groups is 1. The second kappa shape index (κ2) is 8.76. The summed E-state index contributed by atoms with van der Waals surface area (Å²) in [6, 6.07) is 23.4. The standard InChI is InChI=1S/C22H18Cl2N2O/c23-18-12-11-17(13-19(18)24)26-22(16-9-5-2-6-10-16)21(27)14-20(25)15-7-3-1-4-8-15/h1-14,22,26H,25H2. The lowest BCUT2D eigenvalue weighted by atomic mass is 10.0. The first-order valence-corrected chi connectivity index (χ1v) is 9.13. The maximum absolute atomic E-state index is 13.0. The second-order valence-electron chi connectivity index (χ2n) is 5.98. The first-order chi connectivity index (χ1) is 13.0. The Balaban J connectivity index is 1.92. The summed E-state index contributed by atoms with van der Waals surface area (Å²) in [5, 5.41) is 4.10. The fraction of sp³-hybridized carbons (Fsp3) is 0.0455. The lowest BCUT2D eigenvalue weighted by Gasteiger charge is -2.19. The molecule has 0 aliphatic carbocycles. The molecule has 0 aromatic heterocycles. The van der Waals surface area contributed by atoms with Crippen molar-refractivity contribution in [3.8, 4) is 0 Å². The summed E-state index contributed by atoms with van der Waals surface area (Å²) < 4.78 is 0. The van der Waals surface area contributed by atoms with Crippen molar-refractivity contribution < 1.29 is 4.79 Å². The number of hydrogen-bond donors (Lipinski definition) is 2. The molecule has 3 rings (SSSR count). The zero-order valence-electron chi connectivity index (χ0n) is 14.4. The fourth-order valence-corrected chi connectivity index (χ4v) is 2.97. The zero-order valence-corrected chi connectivity index (χ0v) is 15.9. The maximum Gasteiger partial charge on any atom is 0.184 e. The molecule has 3 N–H and O–H groups in total. The SMILES string of the molecule is NC(=CC(=O)C(Nc1ccc(Cl)c(Cl)c1)c1ccccc1)c1ccccc1. The van der Waals surface area contributed by atoms with Gasteiger partial charge in [0.15, 0.2) is 5.78 Å². The van der Waals surface area contributed by atoms with Gasteiger partial charge in [-0.2, -0.15) is 0 Å². The molecule has 0 radical (unpaired) electrons. The van der Waals surface area contributed by atoms with Crippen molar-refractivity contribution in [3.05, 3.63) is 106 Å². The lowest BCUT2D eigenvalue weighted by molar-refractivity contribution is -0.115. The molecular weight excluding hydrogens is 379 g/mol. The van der Waals surface area contributed by atoms with Crippen molar-refractivity contribution in [2.75, 3.05) is 5.32 Å². The molecule has 1 unspecified atom stereocenters. The van der Waals surface area contributed by atoms with Crippen LogP contribution < -0.4 is 11.1 Å². The molecule has 5 heteroatoms. The monoisotopic (exact) mass is 396 g/mol. The minimum Gasteiger partial charge on any atom is -0.398 e. The highest BCUT2D eigenvalue weighted by atomic mass is 35.5. The van der Waals surface area contributed by atoms with E-state index in [-0.39, 0.29) is 5.78 Å². The first-order valence-electron chi connectivity index (χ1n) is 8.37. The van der Waals surface area contributed by atoms with E-state index >= 15 is 0 Å². The van der Waals surface area contributed by atoms with Crippen LogP contribution in [0.15, 0.2) is 84.9 Å². The van der Waals surface area contributed by atoms with Gasteiger partial charge in [0.2, 0.25) is 0 Å². The van der Waals surface area contributed by atoms with Crippen LogP contribution >= 0.6 is 23.2 Å². The Bertz CT molecular complexity index is 957. The van der Waals surface area contributed by atoms with Gasteiger partial charge in [-0.05, 0) is 29.3 Å². The highest BCUT2D eigenvalue weighted by Gasteiger charge is 2.19. The minimum absolute atomic E-state index is 0.159. The normalized spacial score (nSPS) is 12.4. The topological polar surface area (TPSA) is 55.1 Å². The van der Waals surface area contributed by atoms with Crippen molar-refractivity contribution >= 4 is 40.4 Å². The van der Waals surface area contributed by atoms with Crippen LogP contribution in [0.5, 0.6) is 0 Å². The average Bonchev–Trinajstić information content (AvgIpc) is 2.70. The summed E-state index contributed by atoms with van der Waals surface area (Å²) in [5.74, 6) is -0.159. The van der Waals surface area contributed by atoms with Crippen LogP contribution in [0.2, 0.25) is 10.0 Å². The zero-order chi connectivity index (χ0) is 19.2. The van der Waals surface area contributed by atoms with Gasteiger partial charge in [0.05, 0.1) is 10.0 Å². The van der Waals surface area contributed by atoms with E-state index in [1.807, 2.05) is 60.7 Å². The fourth-order valence-electron chi connectivity index (χ4n) is 2.67. The van der Waals surface area contributed by atoms with Crippen molar-refractivity contribution in [1.82, 2.24) is 0 Å². The van der Waals surface area contributed by atoms with Gasteiger partial charge >= 0.3 is 0 Å². The summed E-state index contributed by atoms with van der Waals surface area (Å²) in [6.07, 6.45) is 1.46. The molecule has 3 nitrogen and oxygen atoms in total. The third-order valence-corrected chi connectivity index (χ3v) is 4.79. The second-order valence-corrected chi connectivity index (χ2v) is 6.80. The molecule has 1 atom stereocenters. The molecule has 0 saturated carbocycles. The van der Waals surface area contributed by atoms with E-state index in [1.165, 1.54) is 6.08 Å². The molecule has 27 heavy (non-hydrogen) atoms. The lowest BCUT2D eigenvalue weighted by Crippen LogP contribution is -2.20. The van der Waals surface area contributed by atoms with Crippen LogP contribution in [0.1, 0.15) is 17.2 Å². The summed E-state index contributed by atoms with van der Waals surface area (Å²) in [5.41, 5.74) is 8.85. The highest BCUT2D eigenvalue weighted by Crippen LogP contribution is 2.28. The third kappa shape index (κ3) is 4.91. The summed E-state index contributed by atoms with van der Waals surface area (Å²) in [6.45, 7) is 0. The average molecular weight is 397 g/mol. The van der Waals surface area contributed by atoms with Crippen LogP contribution in [0.3, 0.4) is 0 Å². The number of nitrogens with two attached hydrogens (primary N) is 1.